The van der Waals surface area contributed by atoms with E-state index in [0.717, 1.165) is 24.5 Å². The van der Waals surface area contributed by atoms with E-state index in [0.29, 0.717) is 22.8 Å². The molecule has 138 valence electrons. The molecule has 7 nitrogen and oxygen atoms in total. The highest BCUT2D eigenvalue weighted by molar-refractivity contribution is 5.93. The summed E-state index contributed by atoms with van der Waals surface area (Å²) in [6.45, 7) is 3.55. The maximum absolute atomic E-state index is 11.6. The molecular weight excluding hydrogens is 332 g/mol. The Labute approximate surface area is 153 Å². The number of Topliss-reactive ketones (excluding diaryl/α,β-unsaturated/α-hetero) is 1. The quantitative estimate of drug-likeness (QED) is 0.573. The minimum Gasteiger partial charge on any atom is -0.494 e. The minimum atomic E-state index is -0.0110. The Kier molecular flexibility index (Phi) is 5.25. The molecule has 0 bridgehead atoms. The van der Waals surface area contributed by atoms with Crippen LogP contribution in [-0.4, -0.2) is 37.7 Å². The zero-order chi connectivity index (χ0) is 18.7. The van der Waals surface area contributed by atoms with E-state index < -0.39 is 0 Å². The van der Waals surface area contributed by atoms with Crippen LogP contribution < -0.4 is 14.4 Å². The number of ether oxygens (including phenoxy) is 2. The number of nitrogens with zero attached hydrogens (tertiary/aromatic N) is 4. The second-order valence-electron chi connectivity index (χ2n) is 6.34. The fraction of sp³-hybridized carbons (Fsp3) is 0.421. The van der Waals surface area contributed by atoms with Crippen LogP contribution in [0, 0.1) is 0 Å². The molecule has 2 heterocycles. The molecule has 0 aliphatic carbocycles. The van der Waals surface area contributed by atoms with Gasteiger partial charge in [0.05, 0.1) is 25.6 Å². The number of hydrogen-bond donors (Lipinski definition) is 0. The number of carbonyl (C=O) groups excluding carboxylic acids is 1. The number of aryl methyl sites for hydroxylation is 1. The first-order chi connectivity index (χ1) is 12.5. The maximum Gasteiger partial charge on any atom is 0.176 e. The van der Waals surface area contributed by atoms with E-state index in [9.17, 15) is 4.79 Å². The summed E-state index contributed by atoms with van der Waals surface area (Å²) in [7, 11) is 5.08. The Morgan fingerprint density at radius 3 is 2.31 bits per heavy atom. The van der Waals surface area contributed by atoms with E-state index in [-0.39, 0.29) is 5.78 Å². The first kappa shape index (κ1) is 18.0. The summed E-state index contributed by atoms with van der Waals surface area (Å²) in [6, 6.07) is 5.50. The van der Waals surface area contributed by atoms with Crippen molar-refractivity contribution in [3.63, 3.8) is 0 Å². The highest BCUT2D eigenvalue weighted by Crippen LogP contribution is 2.41. The van der Waals surface area contributed by atoms with Crippen LogP contribution >= 0.6 is 0 Å². The van der Waals surface area contributed by atoms with Crippen LogP contribution in [0.15, 0.2) is 34.6 Å². The van der Waals surface area contributed by atoms with Crippen molar-refractivity contribution in [1.29, 1.82) is 0 Å². The molecule has 0 amide bonds. The lowest BCUT2D eigenvalue weighted by Gasteiger charge is -2.21. The molecule has 1 aliphatic heterocycles. The Morgan fingerprint density at radius 1 is 1.04 bits per heavy atom. The van der Waals surface area contributed by atoms with Crippen LogP contribution in [0.25, 0.3) is 0 Å². The van der Waals surface area contributed by atoms with Gasteiger partial charge in [0.15, 0.2) is 5.78 Å². The molecule has 0 N–H and O–H groups in total. The number of rotatable bonds is 6. The number of ketones is 1. The Hall–Kier alpha value is -2.83. The van der Waals surface area contributed by atoms with Gasteiger partial charge in [0, 0.05) is 45.4 Å². The second-order valence-corrected chi connectivity index (χ2v) is 6.34. The van der Waals surface area contributed by atoms with Crippen molar-refractivity contribution in [2.45, 2.75) is 19.8 Å². The zero-order valence-corrected chi connectivity index (χ0v) is 15.7. The molecule has 2 aromatic rings. The van der Waals surface area contributed by atoms with Gasteiger partial charge in [0.25, 0.3) is 0 Å². The molecule has 1 aromatic carbocycles. The first-order valence-corrected chi connectivity index (χ1v) is 8.63. The van der Waals surface area contributed by atoms with Crippen LogP contribution in [-0.2, 0) is 7.05 Å². The summed E-state index contributed by atoms with van der Waals surface area (Å²) in [5.74, 6) is 1.38. The van der Waals surface area contributed by atoms with E-state index in [1.807, 2.05) is 19.2 Å². The molecule has 0 saturated carbocycles. The minimum absolute atomic E-state index is 0.0110. The van der Waals surface area contributed by atoms with Gasteiger partial charge in [0.2, 0.25) is 0 Å². The number of benzene rings is 1. The van der Waals surface area contributed by atoms with Gasteiger partial charge in [-0.2, -0.15) is 0 Å². The molecule has 3 rings (SSSR count). The molecule has 26 heavy (non-hydrogen) atoms. The molecule has 0 radical (unpaired) electrons. The van der Waals surface area contributed by atoms with E-state index >= 15 is 0 Å². The molecular formula is C19H24N4O3. The van der Waals surface area contributed by atoms with Gasteiger partial charge in [-0.15, -0.1) is 10.2 Å². The lowest BCUT2D eigenvalue weighted by molar-refractivity contribution is 0.101. The van der Waals surface area contributed by atoms with Crippen molar-refractivity contribution < 1.29 is 14.3 Å². The summed E-state index contributed by atoms with van der Waals surface area (Å²) < 4.78 is 12.8. The topological polar surface area (TPSA) is 68.4 Å². The number of azo groups is 1. The zero-order valence-electron chi connectivity index (χ0n) is 15.7. The van der Waals surface area contributed by atoms with Crippen molar-refractivity contribution in [2.24, 2.45) is 17.3 Å². The molecule has 0 unspecified atom stereocenters. The largest absolute Gasteiger partial charge is 0.494 e. The molecule has 1 saturated heterocycles. The number of aromatic nitrogens is 1. The van der Waals surface area contributed by atoms with Crippen molar-refractivity contribution >= 4 is 22.8 Å². The van der Waals surface area contributed by atoms with E-state index in [2.05, 4.69) is 15.1 Å². The summed E-state index contributed by atoms with van der Waals surface area (Å²) in [4.78, 5) is 13.9. The molecule has 7 heteroatoms. The predicted molar refractivity (Wildman–Crippen MR) is 101 cm³/mol. The van der Waals surface area contributed by atoms with E-state index in [4.69, 9.17) is 9.47 Å². The normalized spacial score (nSPS) is 14.2. The van der Waals surface area contributed by atoms with Crippen molar-refractivity contribution in [3.8, 4) is 11.5 Å². The Bertz CT molecular complexity index is 836. The van der Waals surface area contributed by atoms with Crippen LogP contribution in [0.2, 0.25) is 0 Å². The van der Waals surface area contributed by atoms with Gasteiger partial charge >= 0.3 is 0 Å². The SMILES string of the molecule is COc1cc(N2CCCC2)c(OC)cc1N=Nc1cc(C(C)=O)n(C)c1. The summed E-state index contributed by atoms with van der Waals surface area (Å²) in [5.41, 5.74) is 2.80. The fourth-order valence-corrected chi connectivity index (χ4v) is 3.21. The van der Waals surface area contributed by atoms with Gasteiger partial charge in [-0.25, -0.2) is 0 Å². The lowest BCUT2D eigenvalue weighted by Crippen LogP contribution is -2.18. The van der Waals surface area contributed by atoms with Crippen LogP contribution in [0.5, 0.6) is 11.5 Å². The molecule has 0 atom stereocenters. The molecule has 1 aliphatic rings. The maximum atomic E-state index is 11.6. The third-order valence-corrected chi connectivity index (χ3v) is 4.55. The molecule has 0 spiro atoms. The lowest BCUT2D eigenvalue weighted by atomic mass is 10.2. The average Bonchev–Trinajstić information content (AvgIpc) is 3.28. The fourth-order valence-electron chi connectivity index (χ4n) is 3.21. The van der Waals surface area contributed by atoms with Crippen LogP contribution in [0.3, 0.4) is 0 Å². The van der Waals surface area contributed by atoms with Gasteiger partial charge < -0.3 is 18.9 Å². The number of hydrogen-bond acceptors (Lipinski definition) is 6. The molecule has 1 aromatic heterocycles. The number of carbonyl (C=O) groups is 1. The van der Waals surface area contributed by atoms with Crippen molar-refractivity contribution in [1.82, 2.24) is 4.57 Å². The van der Waals surface area contributed by atoms with Gasteiger partial charge in [-0.05, 0) is 18.9 Å². The van der Waals surface area contributed by atoms with Crippen molar-refractivity contribution in [3.05, 3.63) is 30.1 Å². The van der Waals surface area contributed by atoms with Gasteiger partial charge in [-0.1, -0.05) is 0 Å². The number of anilines is 1. The van der Waals surface area contributed by atoms with Crippen molar-refractivity contribution in [2.75, 3.05) is 32.2 Å². The average molecular weight is 356 g/mol. The highest BCUT2D eigenvalue weighted by Gasteiger charge is 2.19. The summed E-state index contributed by atoms with van der Waals surface area (Å²) in [5, 5.41) is 8.57. The molecule has 1 fully saturated rings. The Balaban J connectivity index is 1.93. The smallest absolute Gasteiger partial charge is 0.176 e. The predicted octanol–water partition coefficient (Wildman–Crippen LogP) is 4.26. The summed E-state index contributed by atoms with van der Waals surface area (Å²) in [6.07, 6.45) is 4.13. The standard InChI is InChI=1S/C19H24N4O3/c1-13(24)16-9-14(12-22(16)2)20-21-15-10-19(26-4)17(11-18(15)25-3)23-7-5-6-8-23/h9-12H,5-8H2,1-4H3. The third kappa shape index (κ3) is 3.56. The van der Waals surface area contributed by atoms with Gasteiger partial charge in [-0.3, -0.25) is 4.79 Å². The van der Waals surface area contributed by atoms with E-state index in [1.165, 1.54) is 19.8 Å². The first-order valence-electron chi connectivity index (χ1n) is 8.63. The number of methoxy groups -OCH3 is 2. The van der Waals surface area contributed by atoms with Gasteiger partial charge in [0.1, 0.15) is 22.9 Å². The highest BCUT2D eigenvalue weighted by atomic mass is 16.5. The monoisotopic (exact) mass is 356 g/mol. The Morgan fingerprint density at radius 2 is 1.73 bits per heavy atom. The third-order valence-electron chi connectivity index (χ3n) is 4.55. The van der Waals surface area contributed by atoms with Crippen LogP contribution in [0.4, 0.5) is 17.1 Å². The summed E-state index contributed by atoms with van der Waals surface area (Å²) >= 11 is 0. The van der Waals surface area contributed by atoms with Crippen LogP contribution in [0.1, 0.15) is 30.3 Å². The second kappa shape index (κ2) is 7.59. The van der Waals surface area contributed by atoms with E-state index in [1.54, 1.807) is 31.0 Å².